The zero-order valence-electron chi connectivity index (χ0n) is 17.8. The maximum Gasteiger partial charge on any atom is 0.337 e. The Bertz CT molecular complexity index is 1590. The molecule has 1 fully saturated rings. The van der Waals surface area contributed by atoms with Crippen molar-refractivity contribution in [2.75, 3.05) is 4.90 Å². The van der Waals surface area contributed by atoms with Crippen molar-refractivity contribution in [3.63, 3.8) is 0 Å². The quantitative estimate of drug-likeness (QED) is 0.224. The van der Waals surface area contributed by atoms with E-state index in [-0.39, 0.29) is 27.0 Å². The number of carbonyl (C=O) groups is 3. The van der Waals surface area contributed by atoms with Crippen LogP contribution in [0.2, 0.25) is 5.02 Å². The second kappa shape index (κ2) is 8.83. The number of carboxylic acids is 1. The van der Waals surface area contributed by atoms with Crippen LogP contribution in [0.4, 0.5) is 5.69 Å². The summed E-state index contributed by atoms with van der Waals surface area (Å²) in [6, 6.07) is 20.8. The molecule has 3 aromatic carbocycles. The number of hydrogen-bond acceptors (Lipinski definition) is 5. The molecule has 0 bridgehead atoms. The Morgan fingerprint density at radius 2 is 1.77 bits per heavy atom. The molecule has 1 saturated heterocycles. The molecule has 0 radical (unpaired) electrons. The van der Waals surface area contributed by atoms with E-state index in [1.807, 2.05) is 36.4 Å². The largest absolute Gasteiger partial charge is 0.478 e. The van der Waals surface area contributed by atoms with Crippen LogP contribution >= 0.6 is 23.8 Å². The summed E-state index contributed by atoms with van der Waals surface area (Å²) in [5.74, 6) is -1.71. The number of aromatic carboxylic acids is 1. The van der Waals surface area contributed by atoms with E-state index in [1.165, 1.54) is 23.1 Å². The van der Waals surface area contributed by atoms with Gasteiger partial charge in [0.1, 0.15) is 17.1 Å². The Balaban J connectivity index is 1.47. The van der Waals surface area contributed by atoms with Crippen molar-refractivity contribution < 1.29 is 23.9 Å². The summed E-state index contributed by atoms with van der Waals surface area (Å²) in [6.07, 6.45) is 1.34. The highest BCUT2D eigenvalue weighted by Gasteiger charge is 2.34. The van der Waals surface area contributed by atoms with Crippen molar-refractivity contribution in [1.29, 1.82) is 0 Å². The molecule has 0 aliphatic carbocycles. The maximum atomic E-state index is 13.3. The van der Waals surface area contributed by atoms with Gasteiger partial charge in [-0.1, -0.05) is 48.0 Å². The number of carboxylic acid groups (broad SMARTS) is 1. The SMILES string of the molecule is O=C1NC(=S)N(c2ccc3ccccc3c2)C(=O)C1=Cc1ccc(-c2ccc(C(=O)O)c(Cl)c2)o1. The van der Waals surface area contributed by atoms with Crippen molar-refractivity contribution in [3.8, 4) is 11.3 Å². The average molecular weight is 503 g/mol. The molecule has 4 aromatic rings. The number of hydrogen-bond donors (Lipinski definition) is 2. The Labute approximate surface area is 209 Å². The maximum absolute atomic E-state index is 13.3. The molecule has 2 N–H and O–H groups in total. The lowest BCUT2D eigenvalue weighted by Gasteiger charge is -2.29. The first-order valence-corrected chi connectivity index (χ1v) is 11.1. The molecule has 0 spiro atoms. The topological polar surface area (TPSA) is 99.9 Å². The van der Waals surface area contributed by atoms with Gasteiger partial charge in [0.05, 0.1) is 16.3 Å². The van der Waals surface area contributed by atoms with Gasteiger partial charge in [0, 0.05) is 5.56 Å². The third-order valence-corrected chi connectivity index (χ3v) is 6.09. The van der Waals surface area contributed by atoms with Gasteiger partial charge in [0.25, 0.3) is 11.8 Å². The number of nitrogens with one attached hydrogen (secondary N) is 1. The van der Waals surface area contributed by atoms with E-state index in [4.69, 9.17) is 33.3 Å². The van der Waals surface area contributed by atoms with Gasteiger partial charge in [-0.25, -0.2) is 4.79 Å². The summed E-state index contributed by atoms with van der Waals surface area (Å²) < 4.78 is 5.78. The Hall–Kier alpha value is -4.27. The summed E-state index contributed by atoms with van der Waals surface area (Å²) >= 11 is 11.3. The normalized spacial score (nSPS) is 15.1. The minimum atomic E-state index is -1.14. The van der Waals surface area contributed by atoms with Gasteiger partial charge < -0.3 is 9.52 Å². The molecule has 1 aliphatic rings. The van der Waals surface area contributed by atoms with Crippen molar-refractivity contribution >= 4 is 69.3 Å². The predicted octanol–water partition coefficient (Wildman–Crippen LogP) is 5.28. The number of rotatable bonds is 4. The number of nitrogens with zero attached hydrogens (tertiary/aromatic N) is 1. The number of furan rings is 1. The molecule has 5 rings (SSSR count). The standard InChI is InChI=1S/C26H15ClN2O5S/c27-21-12-16(6-9-19(21)25(32)33)22-10-8-18(34-22)13-20-23(30)28-26(35)29(24(20)31)17-7-5-14-3-1-2-4-15(14)11-17/h1-13H,(H,32,33)(H,28,30,35). The third-order valence-electron chi connectivity index (χ3n) is 5.49. The fourth-order valence-corrected chi connectivity index (χ4v) is 4.32. The summed E-state index contributed by atoms with van der Waals surface area (Å²) in [4.78, 5) is 38.3. The van der Waals surface area contributed by atoms with Gasteiger partial charge >= 0.3 is 5.97 Å². The molecule has 35 heavy (non-hydrogen) atoms. The minimum Gasteiger partial charge on any atom is -0.478 e. The lowest BCUT2D eigenvalue weighted by Crippen LogP contribution is -2.54. The second-order valence-electron chi connectivity index (χ2n) is 7.69. The van der Waals surface area contributed by atoms with Gasteiger partial charge in [-0.2, -0.15) is 0 Å². The number of thiocarbonyl (C=S) groups is 1. The highest BCUT2D eigenvalue weighted by Crippen LogP contribution is 2.30. The summed E-state index contributed by atoms with van der Waals surface area (Å²) in [5.41, 5.74) is 0.895. The molecule has 1 aromatic heterocycles. The molecule has 0 saturated carbocycles. The Morgan fingerprint density at radius 1 is 1.00 bits per heavy atom. The number of fused-ring (bicyclic) bond motifs is 1. The highest BCUT2D eigenvalue weighted by atomic mass is 35.5. The molecular formula is C26H15ClN2O5S. The molecule has 172 valence electrons. The number of carbonyl (C=O) groups excluding carboxylic acids is 2. The first-order chi connectivity index (χ1) is 16.8. The minimum absolute atomic E-state index is 0.0132. The molecule has 2 amide bonds. The van der Waals surface area contributed by atoms with E-state index < -0.39 is 17.8 Å². The van der Waals surface area contributed by atoms with Crippen LogP contribution in [-0.4, -0.2) is 28.0 Å². The van der Waals surface area contributed by atoms with E-state index in [0.717, 1.165) is 10.8 Å². The van der Waals surface area contributed by atoms with Gasteiger partial charge in [-0.15, -0.1) is 0 Å². The molecule has 2 heterocycles. The van der Waals surface area contributed by atoms with Crippen LogP contribution in [0.25, 0.3) is 28.2 Å². The van der Waals surface area contributed by atoms with Crippen LogP contribution in [0.3, 0.4) is 0 Å². The zero-order valence-corrected chi connectivity index (χ0v) is 19.4. The third kappa shape index (κ3) is 4.21. The number of anilines is 1. The molecule has 7 nitrogen and oxygen atoms in total. The number of amides is 2. The van der Waals surface area contributed by atoms with Crippen LogP contribution in [-0.2, 0) is 9.59 Å². The van der Waals surface area contributed by atoms with Crippen LogP contribution in [0.5, 0.6) is 0 Å². The summed E-state index contributed by atoms with van der Waals surface area (Å²) in [6.45, 7) is 0. The summed E-state index contributed by atoms with van der Waals surface area (Å²) in [5, 5.41) is 13.7. The second-order valence-corrected chi connectivity index (χ2v) is 8.48. The highest BCUT2D eigenvalue weighted by molar-refractivity contribution is 7.80. The van der Waals surface area contributed by atoms with Crippen LogP contribution < -0.4 is 10.2 Å². The molecular weight excluding hydrogens is 488 g/mol. The molecule has 0 atom stereocenters. The number of benzene rings is 3. The van der Waals surface area contributed by atoms with Crippen molar-refractivity contribution in [3.05, 3.63) is 94.7 Å². The first kappa shape index (κ1) is 22.5. The average Bonchev–Trinajstić information content (AvgIpc) is 3.30. The molecule has 9 heteroatoms. The Morgan fingerprint density at radius 3 is 2.51 bits per heavy atom. The predicted molar refractivity (Wildman–Crippen MR) is 136 cm³/mol. The van der Waals surface area contributed by atoms with Crippen LogP contribution in [0.15, 0.2) is 82.8 Å². The van der Waals surface area contributed by atoms with Crippen LogP contribution in [0, 0.1) is 0 Å². The smallest absolute Gasteiger partial charge is 0.337 e. The van der Waals surface area contributed by atoms with E-state index >= 15 is 0 Å². The zero-order chi connectivity index (χ0) is 24.7. The van der Waals surface area contributed by atoms with Gasteiger partial charge in [-0.05, 0) is 65.5 Å². The lowest BCUT2D eigenvalue weighted by atomic mass is 10.1. The molecule has 1 aliphatic heterocycles. The van der Waals surface area contributed by atoms with E-state index in [9.17, 15) is 14.4 Å². The monoisotopic (exact) mass is 502 g/mol. The molecule has 0 unspecified atom stereocenters. The van der Waals surface area contributed by atoms with Crippen molar-refractivity contribution in [1.82, 2.24) is 5.32 Å². The van der Waals surface area contributed by atoms with E-state index in [1.54, 1.807) is 24.3 Å². The van der Waals surface area contributed by atoms with Gasteiger partial charge in [0.2, 0.25) is 0 Å². The van der Waals surface area contributed by atoms with Crippen molar-refractivity contribution in [2.45, 2.75) is 0 Å². The van der Waals surface area contributed by atoms with Gasteiger partial charge in [-0.3, -0.25) is 19.8 Å². The van der Waals surface area contributed by atoms with Crippen LogP contribution in [0.1, 0.15) is 16.1 Å². The first-order valence-electron chi connectivity index (χ1n) is 10.3. The fourth-order valence-electron chi connectivity index (χ4n) is 3.78. The van der Waals surface area contributed by atoms with Crippen molar-refractivity contribution in [2.24, 2.45) is 0 Å². The van der Waals surface area contributed by atoms with E-state index in [0.29, 0.717) is 17.0 Å². The number of halogens is 1. The summed E-state index contributed by atoms with van der Waals surface area (Å²) in [7, 11) is 0. The Kier molecular flexibility index (Phi) is 5.68. The van der Waals surface area contributed by atoms with Gasteiger partial charge in [0.15, 0.2) is 5.11 Å². The van der Waals surface area contributed by atoms with E-state index in [2.05, 4.69) is 5.32 Å². The lowest BCUT2D eigenvalue weighted by molar-refractivity contribution is -0.122. The fraction of sp³-hybridized carbons (Fsp3) is 0.